The van der Waals surface area contributed by atoms with E-state index in [0.717, 1.165) is 31.4 Å². The van der Waals surface area contributed by atoms with Crippen molar-refractivity contribution in [3.05, 3.63) is 11.9 Å². The van der Waals surface area contributed by atoms with E-state index in [1.807, 2.05) is 0 Å². The van der Waals surface area contributed by atoms with Crippen molar-refractivity contribution < 1.29 is 13.5 Å². The minimum absolute atomic E-state index is 0.00688. The van der Waals surface area contributed by atoms with Gasteiger partial charge >= 0.3 is 0 Å². The number of sulfonamides is 1. The summed E-state index contributed by atoms with van der Waals surface area (Å²) in [6.07, 6.45) is 7.10. The Bertz CT molecular complexity index is 562. The van der Waals surface area contributed by atoms with Gasteiger partial charge in [0.05, 0.1) is 23.6 Å². The number of aromatic nitrogens is 3. The van der Waals surface area contributed by atoms with Crippen LogP contribution in [-0.2, 0) is 23.0 Å². The van der Waals surface area contributed by atoms with Gasteiger partial charge in [-0.2, -0.15) is 0 Å². The maximum atomic E-state index is 11.7. The van der Waals surface area contributed by atoms with E-state index >= 15 is 0 Å². The van der Waals surface area contributed by atoms with Crippen molar-refractivity contribution in [1.29, 1.82) is 0 Å². The molecule has 1 aromatic rings. The van der Waals surface area contributed by atoms with Crippen LogP contribution in [0.4, 0.5) is 0 Å². The van der Waals surface area contributed by atoms with Crippen molar-refractivity contribution >= 4 is 10.0 Å². The second kappa shape index (κ2) is 6.41. The number of aliphatic hydroxyl groups is 1. The fraction of sp³-hybridized carbons (Fsp3) is 0.846. The zero-order valence-corrected chi connectivity index (χ0v) is 13.5. The van der Waals surface area contributed by atoms with Gasteiger partial charge in [-0.3, -0.25) is 4.68 Å². The van der Waals surface area contributed by atoms with Crippen molar-refractivity contribution in [3.8, 4) is 0 Å². The molecule has 0 saturated heterocycles. The third-order valence-corrected chi connectivity index (χ3v) is 5.83. The molecule has 1 fully saturated rings. The number of rotatable bonds is 6. The average molecular weight is 316 g/mol. The molecule has 21 heavy (non-hydrogen) atoms. The molecule has 120 valence electrons. The molecular formula is C13H24N4O3S. The monoisotopic (exact) mass is 316 g/mol. The molecule has 7 nitrogen and oxygen atoms in total. The number of hydrogen-bond acceptors (Lipinski definition) is 5. The van der Waals surface area contributed by atoms with E-state index in [1.165, 1.54) is 29.5 Å². The first kappa shape index (κ1) is 16.4. The van der Waals surface area contributed by atoms with Gasteiger partial charge in [-0.25, -0.2) is 12.7 Å². The summed E-state index contributed by atoms with van der Waals surface area (Å²) in [5.74, 6) is -0.00688. The Balaban J connectivity index is 1.92. The van der Waals surface area contributed by atoms with Crippen LogP contribution < -0.4 is 0 Å². The van der Waals surface area contributed by atoms with E-state index < -0.39 is 15.6 Å². The molecule has 0 aliphatic heterocycles. The highest BCUT2D eigenvalue weighted by Gasteiger charge is 2.30. The van der Waals surface area contributed by atoms with Crippen LogP contribution in [0.2, 0.25) is 0 Å². The topological polar surface area (TPSA) is 88.3 Å². The van der Waals surface area contributed by atoms with Crippen LogP contribution in [0.25, 0.3) is 0 Å². The predicted octanol–water partition coefficient (Wildman–Crippen LogP) is 0.407. The third-order valence-electron chi connectivity index (χ3n) is 4.02. The quantitative estimate of drug-likeness (QED) is 0.821. The summed E-state index contributed by atoms with van der Waals surface area (Å²) in [7, 11) is -0.202. The van der Waals surface area contributed by atoms with Gasteiger partial charge in [-0.05, 0) is 12.8 Å². The second-order valence-electron chi connectivity index (χ2n) is 6.03. The number of hydrogen-bond donors (Lipinski definition) is 1. The van der Waals surface area contributed by atoms with E-state index in [-0.39, 0.29) is 12.3 Å². The first-order valence-corrected chi connectivity index (χ1v) is 8.93. The summed E-state index contributed by atoms with van der Waals surface area (Å²) >= 11 is 0. The van der Waals surface area contributed by atoms with Crippen LogP contribution in [-0.4, -0.2) is 58.3 Å². The van der Waals surface area contributed by atoms with Gasteiger partial charge in [-0.1, -0.05) is 24.5 Å². The fourth-order valence-corrected chi connectivity index (χ4v) is 3.43. The molecule has 1 saturated carbocycles. The third kappa shape index (κ3) is 4.49. The summed E-state index contributed by atoms with van der Waals surface area (Å²) < 4.78 is 26.1. The molecule has 0 radical (unpaired) electrons. The molecule has 1 aromatic heterocycles. The molecule has 0 bridgehead atoms. The molecule has 1 aliphatic carbocycles. The molecule has 1 N–H and O–H groups in total. The second-order valence-corrected chi connectivity index (χ2v) is 8.34. The Morgan fingerprint density at radius 1 is 1.33 bits per heavy atom. The normalized spacial score (nSPS) is 19.0. The van der Waals surface area contributed by atoms with Crippen LogP contribution in [0.1, 0.15) is 37.8 Å². The average Bonchev–Trinajstić information content (AvgIpc) is 2.84. The van der Waals surface area contributed by atoms with Crippen molar-refractivity contribution in [1.82, 2.24) is 19.3 Å². The Hall–Kier alpha value is -0.990. The Labute approximate surface area is 126 Å². The molecule has 0 unspecified atom stereocenters. The van der Waals surface area contributed by atoms with Crippen molar-refractivity contribution in [2.24, 2.45) is 0 Å². The van der Waals surface area contributed by atoms with Crippen molar-refractivity contribution in [2.45, 2.75) is 50.7 Å². The summed E-state index contributed by atoms with van der Waals surface area (Å²) in [4.78, 5) is 0. The van der Waals surface area contributed by atoms with E-state index in [2.05, 4.69) is 10.3 Å². The molecule has 2 rings (SSSR count). The molecule has 0 spiro atoms. The summed E-state index contributed by atoms with van der Waals surface area (Å²) in [6.45, 7) is 0.270. The van der Waals surface area contributed by atoms with E-state index in [4.69, 9.17) is 0 Å². The summed E-state index contributed by atoms with van der Waals surface area (Å²) in [5.41, 5.74) is 0.0520. The minimum atomic E-state index is -3.23. The summed E-state index contributed by atoms with van der Waals surface area (Å²) in [5, 5.41) is 18.5. The number of nitrogens with zero attached hydrogens (tertiary/aromatic N) is 4. The van der Waals surface area contributed by atoms with Gasteiger partial charge in [0.2, 0.25) is 10.0 Å². The van der Waals surface area contributed by atoms with Gasteiger partial charge in [0.15, 0.2) is 0 Å². The van der Waals surface area contributed by atoms with Crippen LogP contribution in [0.15, 0.2) is 6.20 Å². The van der Waals surface area contributed by atoms with Crippen LogP contribution in [0.5, 0.6) is 0 Å². The molecule has 0 aromatic carbocycles. The smallest absolute Gasteiger partial charge is 0.215 e. The zero-order valence-electron chi connectivity index (χ0n) is 12.7. The van der Waals surface area contributed by atoms with Gasteiger partial charge in [0.1, 0.15) is 0 Å². The fourth-order valence-electron chi connectivity index (χ4n) is 2.64. The number of aryl methyl sites for hydroxylation is 1. The molecule has 1 aliphatic rings. The molecule has 0 amide bonds. The van der Waals surface area contributed by atoms with Crippen LogP contribution in [0.3, 0.4) is 0 Å². The highest BCUT2D eigenvalue weighted by atomic mass is 32.2. The van der Waals surface area contributed by atoms with E-state index in [9.17, 15) is 13.5 Å². The lowest BCUT2D eigenvalue weighted by molar-refractivity contribution is 0.00364. The summed E-state index contributed by atoms with van der Waals surface area (Å²) in [6, 6.07) is 0. The SMILES string of the molecule is CN(C)S(=O)(=O)CCn1cc(CC2(O)CCCCC2)nn1. The highest BCUT2D eigenvalue weighted by molar-refractivity contribution is 7.89. The van der Waals surface area contributed by atoms with Crippen LogP contribution >= 0.6 is 0 Å². The maximum Gasteiger partial charge on any atom is 0.215 e. The first-order chi connectivity index (χ1) is 9.81. The Morgan fingerprint density at radius 3 is 2.62 bits per heavy atom. The Kier molecular flexibility index (Phi) is 5.00. The van der Waals surface area contributed by atoms with E-state index in [1.54, 1.807) is 6.20 Å². The Morgan fingerprint density at radius 2 is 2.00 bits per heavy atom. The largest absolute Gasteiger partial charge is 0.389 e. The standard InChI is InChI=1S/C13H24N4O3S/c1-16(2)21(19,20)9-8-17-11-12(14-15-17)10-13(18)6-4-3-5-7-13/h11,18H,3-10H2,1-2H3. The molecule has 0 atom stereocenters. The lowest BCUT2D eigenvalue weighted by atomic mass is 9.82. The minimum Gasteiger partial charge on any atom is -0.389 e. The molecule has 8 heteroatoms. The predicted molar refractivity (Wildman–Crippen MR) is 79.2 cm³/mol. The lowest BCUT2D eigenvalue weighted by Gasteiger charge is -2.31. The van der Waals surface area contributed by atoms with Crippen molar-refractivity contribution in [3.63, 3.8) is 0 Å². The van der Waals surface area contributed by atoms with E-state index in [0.29, 0.717) is 6.42 Å². The van der Waals surface area contributed by atoms with Crippen molar-refractivity contribution in [2.75, 3.05) is 19.8 Å². The maximum absolute atomic E-state index is 11.7. The van der Waals surface area contributed by atoms with Gasteiger partial charge in [-0.15, -0.1) is 5.10 Å². The zero-order chi connectivity index (χ0) is 15.5. The van der Waals surface area contributed by atoms with Gasteiger partial charge in [0.25, 0.3) is 0 Å². The highest BCUT2D eigenvalue weighted by Crippen LogP contribution is 2.30. The lowest BCUT2D eigenvalue weighted by Crippen LogP contribution is -2.33. The molecular weight excluding hydrogens is 292 g/mol. The molecule has 1 heterocycles. The van der Waals surface area contributed by atoms with Gasteiger partial charge in [0, 0.05) is 26.7 Å². The van der Waals surface area contributed by atoms with Gasteiger partial charge < -0.3 is 5.11 Å². The van der Waals surface area contributed by atoms with Crippen LogP contribution in [0, 0.1) is 0 Å². The first-order valence-electron chi connectivity index (χ1n) is 7.32.